The SMILES string of the molecule is COc1ccc(OC(F)F)c(NC(=O)[C@H]2CCCNC2)c1. The van der Waals surface area contributed by atoms with Gasteiger partial charge < -0.3 is 20.1 Å². The molecular weight excluding hydrogens is 282 g/mol. The molecule has 7 heteroatoms. The first kappa shape index (κ1) is 15.5. The molecule has 0 aliphatic carbocycles. The molecule has 1 aromatic carbocycles. The zero-order valence-electron chi connectivity index (χ0n) is 11.7. The van der Waals surface area contributed by atoms with Crippen molar-refractivity contribution in [2.24, 2.45) is 5.92 Å². The first-order chi connectivity index (χ1) is 10.1. The quantitative estimate of drug-likeness (QED) is 0.875. The van der Waals surface area contributed by atoms with Gasteiger partial charge in [0.1, 0.15) is 11.5 Å². The second-order valence-electron chi connectivity index (χ2n) is 4.77. The molecule has 1 saturated heterocycles. The third kappa shape index (κ3) is 4.29. The molecule has 0 unspecified atom stereocenters. The lowest BCUT2D eigenvalue weighted by Gasteiger charge is -2.22. The molecule has 1 amide bonds. The van der Waals surface area contributed by atoms with Crippen LogP contribution in [0.1, 0.15) is 12.8 Å². The molecule has 0 saturated carbocycles. The molecule has 0 bridgehead atoms. The number of hydrogen-bond donors (Lipinski definition) is 2. The van der Waals surface area contributed by atoms with Crippen LogP contribution in [-0.2, 0) is 4.79 Å². The number of alkyl halides is 2. The molecule has 1 aliphatic heterocycles. The number of ether oxygens (including phenoxy) is 2. The van der Waals surface area contributed by atoms with E-state index in [4.69, 9.17) is 4.74 Å². The Hall–Kier alpha value is -1.89. The maximum atomic E-state index is 12.4. The van der Waals surface area contributed by atoms with Crippen molar-refractivity contribution in [3.63, 3.8) is 0 Å². The lowest BCUT2D eigenvalue weighted by Crippen LogP contribution is -2.37. The summed E-state index contributed by atoms with van der Waals surface area (Å²) in [7, 11) is 1.46. The minimum absolute atomic E-state index is 0.0806. The van der Waals surface area contributed by atoms with E-state index in [0.29, 0.717) is 12.3 Å². The maximum Gasteiger partial charge on any atom is 0.387 e. The number of hydrogen-bond acceptors (Lipinski definition) is 4. The van der Waals surface area contributed by atoms with Crippen molar-refractivity contribution >= 4 is 11.6 Å². The number of rotatable bonds is 5. The predicted octanol–water partition coefficient (Wildman–Crippen LogP) is 2.23. The number of piperidine rings is 1. The van der Waals surface area contributed by atoms with Crippen LogP contribution in [-0.4, -0.2) is 32.7 Å². The topological polar surface area (TPSA) is 59.6 Å². The molecule has 0 aromatic heterocycles. The second-order valence-corrected chi connectivity index (χ2v) is 4.77. The number of carbonyl (C=O) groups excluding carboxylic acids is 1. The summed E-state index contributed by atoms with van der Waals surface area (Å²) in [4.78, 5) is 12.2. The van der Waals surface area contributed by atoms with E-state index < -0.39 is 6.61 Å². The molecule has 5 nitrogen and oxygen atoms in total. The van der Waals surface area contributed by atoms with Gasteiger partial charge in [-0.15, -0.1) is 0 Å². The van der Waals surface area contributed by atoms with Crippen molar-refractivity contribution in [1.82, 2.24) is 5.32 Å². The number of methoxy groups -OCH3 is 1. The van der Waals surface area contributed by atoms with Crippen LogP contribution in [0.25, 0.3) is 0 Å². The van der Waals surface area contributed by atoms with Gasteiger partial charge in [0, 0.05) is 12.6 Å². The number of anilines is 1. The summed E-state index contributed by atoms with van der Waals surface area (Å²) in [6.07, 6.45) is 1.68. The fourth-order valence-corrected chi connectivity index (χ4v) is 2.24. The number of carbonyl (C=O) groups is 1. The Balaban J connectivity index is 2.13. The highest BCUT2D eigenvalue weighted by atomic mass is 19.3. The number of nitrogens with one attached hydrogen (secondary N) is 2. The van der Waals surface area contributed by atoms with Gasteiger partial charge in [-0.1, -0.05) is 0 Å². The van der Waals surface area contributed by atoms with E-state index in [0.717, 1.165) is 19.4 Å². The molecule has 1 atom stereocenters. The van der Waals surface area contributed by atoms with Crippen LogP contribution in [0.4, 0.5) is 14.5 Å². The molecule has 1 fully saturated rings. The summed E-state index contributed by atoms with van der Waals surface area (Å²) in [5.74, 6) is -0.0180. The van der Waals surface area contributed by atoms with Gasteiger partial charge in [-0.3, -0.25) is 4.79 Å². The summed E-state index contributed by atoms with van der Waals surface area (Å²) in [6, 6.07) is 4.31. The van der Waals surface area contributed by atoms with Crippen molar-refractivity contribution in [3.05, 3.63) is 18.2 Å². The third-order valence-electron chi connectivity index (χ3n) is 3.33. The zero-order valence-corrected chi connectivity index (χ0v) is 11.7. The first-order valence-corrected chi connectivity index (χ1v) is 6.74. The van der Waals surface area contributed by atoms with Crippen molar-refractivity contribution < 1.29 is 23.0 Å². The Morgan fingerprint density at radius 3 is 2.90 bits per heavy atom. The standard InChI is InChI=1S/C14H18F2N2O3/c1-20-10-4-5-12(21-14(15)16)11(7-10)18-13(19)9-3-2-6-17-8-9/h4-5,7,9,14,17H,2-3,6,8H2,1H3,(H,18,19)/t9-/m0/s1. The van der Waals surface area contributed by atoms with Crippen molar-refractivity contribution in [3.8, 4) is 11.5 Å². The Kier molecular flexibility index (Phi) is 5.32. The van der Waals surface area contributed by atoms with Crippen molar-refractivity contribution in [1.29, 1.82) is 0 Å². The normalized spacial score (nSPS) is 18.4. The van der Waals surface area contributed by atoms with E-state index in [2.05, 4.69) is 15.4 Å². The zero-order chi connectivity index (χ0) is 15.2. The average Bonchev–Trinajstić information content (AvgIpc) is 2.49. The van der Waals surface area contributed by atoms with Gasteiger partial charge in [0.15, 0.2) is 0 Å². The average molecular weight is 300 g/mol. The predicted molar refractivity (Wildman–Crippen MR) is 73.8 cm³/mol. The molecular formula is C14H18F2N2O3. The van der Waals surface area contributed by atoms with E-state index in [9.17, 15) is 13.6 Å². The van der Waals surface area contributed by atoms with E-state index in [-0.39, 0.29) is 23.3 Å². The lowest BCUT2D eigenvalue weighted by atomic mass is 9.99. The van der Waals surface area contributed by atoms with Crippen LogP contribution in [0.2, 0.25) is 0 Å². The van der Waals surface area contributed by atoms with Crippen LogP contribution >= 0.6 is 0 Å². The van der Waals surface area contributed by atoms with Crippen molar-refractivity contribution in [2.45, 2.75) is 19.5 Å². The van der Waals surface area contributed by atoms with Crippen LogP contribution in [0.5, 0.6) is 11.5 Å². The Labute approximate surface area is 121 Å². The fourth-order valence-electron chi connectivity index (χ4n) is 2.24. The molecule has 2 rings (SSSR count). The van der Waals surface area contributed by atoms with Gasteiger partial charge in [0.25, 0.3) is 0 Å². The van der Waals surface area contributed by atoms with Crippen LogP contribution < -0.4 is 20.1 Å². The van der Waals surface area contributed by atoms with Gasteiger partial charge in [-0.2, -0.15) is 8.78 Å². The molecule has 2 N–H and O–H groups in total. The molecule has 1 heterocycles. The minimum Gasteiger partial charge on any atom is -0.497 e. The van der Waals surface area contributed by atoms with Crippen LogP contribution in [0.3, 0.4) is 0 Å². The van der Waals surface area contributed by atoms with Gasteiger partial charge >= 0.3 is 6.61 Å². The first-order valence-electron chi connectivity index (χ1n) is 6.74. The number of halogens is 2. The van der Waals surface area contributed by atoms with Gasteiger partial charge in [0.2, 0.25) is 5.91 Å². The van der Waals surface area contributed by atoms with Gasteiger partial charge in [-0.05, 0) is 31.5 Å². The number of benzene rings is 1. The Bertz CT molecular complexity index is 491. The second kappa shape index (κ2) is 7.21. The summed E-state index contributed by atoms with van der Waals surface area (Å²) in [5.41, 5.74) is 0.185. The number of amides is 1. The lowest BCUT2D eigenvalue weighted by molar-refractivity contribution is -0.120. The van der Waals surface area contributed by atoms with E-state index >= 15 is 0 Å². The Morgan fingerprint density at radius 1 is 1.48 bits per heavy atom. The molecule has 1 aliphatic rings. The van der Waals surface area contributed by atoms with E-state index in [1.54, 1.807) is 0 Å². The van der Waals surface area contributed by atoms with Crippen molar-refractivity contribution in [2.75, 3.05) is 25.5 Å². The Morgan fingerprint density at radius 2 is 2.29 bits per heavy atom. The van der Waals surface area contributed by atoms with Gasteiger partial charge in [0.05, 0.1) is 18.7 Å². The maximum absolute atomic E-state index is 12.4. The summed E-state index contributed by atoms with van der Waals surface area (Å²) >= 11 is 0. The highest BCUT2D eigenvalue weighted by molar-refractivity contribution is 5.94. The fraction of sp³-hybridized carbons (Fsp3) is 0.500. The summed E-state index contributed by atoms with van der Waals surface area (Å²) in [5, 5.41) is 5.78. The highest BCUT2D eigenvalue weighted by Gasteiger charge is 2.22. The van der Waals surface area contributed by atoms with Crippen LogP contribution in [0.15, 0.2) is 18.2 Å². The molecule has 0 radical (unpaired) electrons. The third-order valence-corrected chi connectivity index (χ3v) is 3.33. The van der Waals surface area contributed by atoms with E-state index in [1.807, 2.05) is 0 Å². The van der Waals surface area contributed by atoms with Crippen LogP contribution in [0, 0.1) is 5.92 Å². The monoisotopic (exact) mass is 300 g/mol. The molecule has 116 valence electrons. The molecule has 21 heavy (non-hydrogen) atoms. The van der Waals surface area contributed by atoms with E-state index in [1.165, 1.54) is 25.3 Å². The summed E-state index contributed by atoms with van der Waals surface area (Å²) in [6.45, 7) is -1.48. The van der Waals surface area contributed by atoms with Gasteiger partial charge in [-0.25, -0.2) is 0 Å². The molecule has 0 spiro atoms. The summed E-state index contributed by atoms with van der Waals surface area (Å²) < 4.78 is 34.2. The highest BCUT2D eigenvalue weighted by Crippen LogP contribution is 2.31. The molecule has 1 aromatic rings. The largest absolute Gasteiger partial charge is 0.497 e. The minimum atomic E-state index is -2.95. The smallest absolute Gasteiger partial charge is 0.387 e.